The zero-order valence-electron chi connectivity index (χ0n) is 10.3. The Morgan fingerprint density at radius 2 is 1.68 bits per heavy atom. The smallest absolute Gasteiger partial charge is 0.159 e. The lowest BCUT2D eigenvalue weighted by molar-refractivity contribution is 0.101. The Bertz CT molecular complexity index is 571. The topological polar surface area (TPSA) is 26.3 Å². The van der Waals surface area contributed by atoms with Crippen LogP contribution < -0.4 is 4.74 Å². The van der Waals surface area contributed by atoms with Crippen molar-refractivity contribution in [2.24, 2.45) is 0 Å². The van der Waals surface area contributed by atoms with Gasteiger partial charge in [-0.05, 0) is 56.5 Å². The predicted molar refractivity (Wildman–Crippen MR) is 82.6 cm³/mol. The number of hydrogen-bond acceptors (Lipinski definition) is 2. The van der Waals surface area contributed by atoms with Gasteiger partial charge in [0.1, 0.15) is 12.4 Å². The molecule has 2 rings (SSSR count). The molecule has 2 aromatic carbocycles. The number of carbonyl (C=O) groups is 1. The van der Waals surface area contributed by atoms with Crippen LogP contribution in [0, 0.1) is 0 Å². The summed E-state index contributed by atoms with van der Waals surface area (Å²) in [6.07, 6.45) is 0. The molecule has 0 aliphatic rings. The molecule has 0 fully saturated rings. The van der Waals surface area contributed by atoms with E-state index in [-0.39, 0.29) is 5.78 Å². The lowest BCUT2D eigenvalue weighted by Crippen LogP contribution is -1.99. The van der Waals surface area contributed by atoms with E-state index < -0.39 is 0 Å². The van der Waals surface area contributed by atoms with Gasteiger partial charge in [0.2, 0.25) is 0 Å². The average molecular weight is 384 g/mol. The molecule has 2 aromatic rings. The summed E-state index contributed by atoms with van der Waals surface area (Å²) >= 11 is 6.87. The fourth-order valence-corrected chi connectivity index (χ4v) is 3.05. The number of ether oxygens (including phenoxy) is 1. The van der Waals surface area contributed by atoms with Crippen LogP contribution in [0.15, 0.2) is 51.4 Å². The van der Waals surface area contributed by atoms with Gasteiger partial charge >= 0.3 is 0 Å². The standard InChI is InChI=1S/C15H12Br2O2/c1-10(18)12-7-13(16)15(14(17)8-12)19-9-11-5-3-2-4-6-11/h2-8H,9H2,1H3. The first-order valence-corrected chi connectivity index (χ1v) is 7.33. The molecule has 0 bridgehead atoms. The molecule has 0 spiro atoms. The molecular weight excluding hydrogens is 372 g/mol. The zero-order chi connectivity index (χ0) is 13.8. The summed E-state index contributed by atoms with van der Waals surface area (Å²) in [4.78, 5) is 11.4. The third-order valence-corrected chi connectivity index (χ3v) is 3.81. The molecule has 0 amide bonds. The van der Waals surface area contributed by atoms with E-state index in [4.69, 9.17) is 4.74 Å². The number of benzene rings is 2. The van der Waals surface area contributed by atoms with Gasteiger partial charge < -0.3 is 4.74 Å². The van der Waals surface area contributed by atoms with Crippen molar-refractivity contribution in [1.29, 1.82) is 0 Å². The van der Waals surface area contributed by atoms with Crippen molar-refractivity contribution in [1.82, 2.24) is 0 Å². The van der Waals surface area contributed by atoms with Crippen molar-refractivity contribution < 1.29 is 9.53 Å². The van der Waals surface area contributed by atoms with Crippen LogP contribution in [0.2, 0.25) is 0 Å². The van der Waals surface area contributed by atoms with Gasteiger partial charge in [-0.1, -0.05) is 30.3 Å². The minimum Gasteiger partial charge on any atom is -0.487 e. The Labute approximate surface area is 129 Å². The summed E-state index contributed by atoms with van der Waals surface area (Å²) in [6.45, 7) is 2.02. The second kappa shape index (κ2) is 6.35. The summed E-state index contributed by atoms with van der Waals surface area (Å²) in [5.41, 5.74) is 1.74. The number of hydrogen-bond donors (Lipinski definition) is 0. The van der Waals surface area contributed by atoms with Crippen LogP contribution >= 0.6 is 31.9 Å². The van der Waals surface area contributed by atoms with Gasteiger partial charge in [0.25, 0.3) is 0 Å². The van der Waals surface area contributed by atoms with E-state index in [1.807, 2.05) is 30.3 Å². The number of carbonyl (C=O) groups excluding carboxylic acids is 1. The third kappa shape index (κ3) is 3.67. The van der Waals surface area contributed by atoms with E-state index in [1.165, 1.54) is 0 Å². The largest absolute Gasteiger partial charge is 0.487 e. The summed E-state index contributed by atoms with van der Waals surface area (Å²) < 4.78 is 7.32. The molecule has 0 aromatic heterocycles. The lowest BCUT2D eigenvalue weighted by Gasteiger charge is -2.11. The fraction of sp³-hybridized carbons (Fsp3) is 0.133. The lowest BCUT2D eigenvalue weighted by atomic mass is 10.1. The van der Waals surface area contributed by atoms with Crippen LogP contribution in [-0.4, -0.2) is 5.78 Å². The second-order valence-corrected chi connectivity index (χ2v) is 5.81. The van der Waals surface area contributed by atoms with E-state index in [9.17, 15) is 4.79 Å². The van der Waals surface area contributed by atoms with E-state index >= 15 is 0 Å². The number of rotatable bonds is 4. The maximum atomic E-state index is 11.4. The molecular formula is C15H12Br2O2. The molecule has 4 heteroatoms. The zero-order valence-corrected chi connectivity index (χ0v) is 13.5. The molecule has 0 saturated carbocycles. The first kappa shape index (κ1) is 14.3. The Hall–Kier alpha value is -1.13. The van der Waals surface area contributed by atoms with Crippen LogP contribution in [0.5, 0.6) is 5.75 Å². The van der Waals surface area contributed by atoms with Gasteiger partial charge in [0.05, 0.1) is 8.95 Å². The molecule has 0 N–H and O–H groups in total. The van der Waals surface area contributed by atoms with Crippen LogP contribution in [-0.2, 0) is 6.61 Å². The van der Waals surface area contributed by atoms with Gasteiger partial charge in [-0.25, -0.2) is 0 Å². The second-order valence-electron chi connectivity index (χ2n) is 4.10. The van der Waals surface area contributed by atoms with E-state index in [2.05, 4.69) is 31.9 Å². The summed E-state index contributed by atoms with van der Waals surface area (Å²) in [6, 6.07) is 13.5. The molecule has 0 atom stereocenters. The van der Waals surface area contributed by atoms with Gasteiger partial charge in [-0.3, -0.25) is 4.79 Å². The quantitative estimate of drug-likeness (QED) is 0.695. The van der Waals surface area contributed by atoms with Crippen molar-refractivity contribution in [3.05, 3.63) is 62.5 Å². The van der Waals surface area contributed by atoms with Crippen molar-refractivity contribution in [2.45, 2.75) is 13.5 Å². The maximum absolute atomic E-state index is 11.4. The predicted octanol–water partition coefficient (Wildman–Crippen LogP) is 4.99. The first-order chi connectivity index (χ1) is 9.08. The highest BCUT2D eigenvalue weighted by Crippen LogP contribution is 2.35. The molecule has 0 aliphatic heterocycles. The Balaban J connectivity index is 2.19. The van der Waals surface area contributed by atoms with Gasteiger partial charge in [0.15, 0.2) is 5.78 Å². The Morgan fingerprint density at radius 1 is 1.11 bits per heavy atom. The van der Waals surface area contributed by atoms with Gasteiger partial charge in [-0.15, -0.1) is 0 Å². The molecule has 0 aliphatic carbocycles. The fourth-order valence-electron chi connectivity index (χ4n) is 1.63. The Morgan fingerprint density at radius 3 is 2.21 bits per heavy atom. The van der Waals surface area contributed by atoms with Crippen molar-refractivity contribution in [3.63, 3.8) is 0 Å². The summed E-state index contributed by atoms with van der Waals surface area (Å²) in [5.74, 6) is 0.727. The highest BCUT2D eigenvalue weighted by molar-refractivity contribution is 9.11. The highest BCUT2D eigenvalue weighted by Gasteiger charge is 2.11. The molecule has 0 radical (unpaired) electrons. The van der Waals surface area contributed by atoms with Crippen molar-refractivity contribution >= 4 is 37.6 Å². The molecule has 0 unspecified atom stereocenters. The van der Waals surface area contributed by atoms with Crippen LogP contribution in [0.3, 0.4) is 0 Å². The van der Waals surface area contributed by atoms with Crippen LogP contribution in [0.4, 0.5) is 0 Å². The Kier molecular flexibility index (Phi) is 4.77. The number of halogens is 2. The summed E-state index contributed by atoms with van der Waals surface area (Å²) in [7, 11) is 0. The normalized spacial score (nSPS) is 10.3. The van der Waals surface area contributed by atoms with E-state index in [1.54, 1.807) is 19.1 Å². The van der Waals surface area contributed by atoms with Crippen LogP contribution in [0.1, 0.15) is 22.8 Å². The van der Waals surface area contributed by atoms with Gasteiger partial charge in [-0.2, -0.15) is 0 Å². The minimum absolute atomic E-state index is 0.0241. The van der Waals surface area contributed by atoms with E-state index in [0.29, 0.717) is 17.9 Å². The van der Waals surface area contributed by atoms with Gasteiger partial charge in [0, 0.05) is 5.56 Å². The monoisotopic (exact) mass is 382 g/mol. The summed E-state index contributed by atoms with van der Waals surface area (Å²) in [5, 5.41) is 0. The highest BCUT2D eigenvalue weighted by atomic mass is 79.9. The van der Waals surface area contributed by atoms with Crippen molar-refractivity contribution in [2.75, 3.05) is 0 Å². The molecule has 0 heterocycles. The maximum Gasteiger partial charge on any atom is 0.159 e. The number of ketones is 1. The molecule has 0 saturated heterocycles. The first-order valence-electron chi connectivity index (χ1n) is 5.74. The molecule has 2 nitrogen and oxygen atoms in total. The number of Topliss-reactive ketones (excluding diaryl/α,β-unsaturated/α-hetero) is 1. The molecule has 98 valence electrons. The van der Waals surface area contributed by atoms with Crippen LogP contribution in [0.25, 0.3) is 0 Å². The third-order valence-electron chi connectivity index (χ3n) is 2.63. The average Bonchev–Trinajstić information content (AvgIpc) is 2.38. The minimum atomic E-state index is 0.0241. The van der Waals surface area contributed by atoms with E-state index in [0.717, 1.165) is 14.5 Å². The van der Waals surface area contributed by atoms with Crippen molar-refractivity contribution in [3.8, 4) is 5.75 Å². The SMILES string of the molecule is CC(=O)c1cc(Br)c(OCc2ccccc2)c(Br)c1. The molecule has 19 heavy (non-hydrogen) atoms.